The Bertz CT molecular complexity index is 392. The van der Waals surface area contributed by atoms with Crippen LogP contribution in [0.2, 0.25) is 45.8 Å². The predicted molar refractivity (Wildman–Crippen MR) is 93.8 cm³/mol. The molecule has 5 nitrogen and oxygen atoms in total. The van der Waals surface area contributed by atoms with Gasteiger partial charge in [0.25, 0.3) is 0 Å². The lowest BCUT2D eigenvalue weighted by molar-refractivity contribution is 0.132. The van der Waals surface area contributed by atoms with Crippen molar-refractivity contribution in [2.45, 2.75) is 65.3 Å². The summed E-state index contributed by atoms with van der Waals surface area (Å²) in [6.45, 7) is 17.6. The zero-order valence-corrected chi connectivity index (χ0v) is 18.7. The van der Waals surface area contributed by atoms with Gasteiger partial charge in [0.1, 0.15) is 0 Å². The van der Waals surface area contributed by atoms with Gasteiger partial charge in [0, 0.05) is 0 Å². The van der Waals surface area contributed by atoms with Crippen LogP contribution in [0.25, 0.3) is 0 Å². The molecular formula is C12H30O5Si4. The highest BCUT2D eigenvalue weighted by molar-refractivity contribution is 6.94. The smallest absolute Gasteiger partial charge is 0.344 e. The van der Waals surface area contributed by atoms with Crippen molar-refractivity contribution in [2.24, 2.45) is 0 Å². The minimum atomic E-state index is -2.61. The van der Waals surface area contributed by atoms with Crippen molar-refractivity contribution in [1.29, 1.82) is 0 Å². The first-order valence-corrected chi connectivity index (χ1v) is 18.1. The third kappa shape index (κ3) is 7.01. The Morgan fingerprint density at radius 1 is 0.714 bits per heavy atom. The number of aliphatic hydroxyl groups is 1. The Hall–Kier alpha value is 0.408. The second kappa shape index (κ2) is 5.80. The molecule has 0 amide bonds. The summed E-state index contributed by atoms with van der Waals surface area (Å²) in [6.07, 6.45) is 1.75. The molecule has 0 aliphatic carbocycles. The van der Waals surface area contributed by atoms with Gasteiger partial charge in [-0.2, -0.15) is 0 Å². The molecule has 1 N–H and O–H groups in total. The molecule has 1 aliphatic heterocycles. The SMILES string of the molecule is CC(C)(O)/C=C/[Si]1(C)O[Si](C)(C)O[Si](C)(C)O[Si](C)(C)O1. The van der Waals surface area contributed by atoms with Crippen LogP contribution in [-0.2, 0) is 16.5 Å². The van der Waals surface area contributed by atoms with Gasteiger partial charge in [-0.25, -0.2) is 0 Å². The van der Waals surface area contributed by atoms with Gasteiger partial charge in [-0.3, -0.25) is 0 Å². The molecule has 21 heavy (non-hydrogen) atoms. The first-order valence-electron chi connectivity index (χ1n) is 7.27. The highest BCUT2D eigenvalue weighted by Crippen LogP contribution is 2.31. The van der Waals surface area contributed by atoms with E-state index in [1.54, 1.807) is 19.9 Å². The molecule has 1 rings (SSSR count). The minimum absolute atomic E-state index is 0.891. The number of hydrogen-bond acceptors (Lipinski definition) is 5. The molecule has 9 heteroatoms. The molecule has 1 heterocycles. The molecule has 124 valence electrons. The van der Waals surface area contributed by atoms with Crippen LogP contribution in [0.15, 0.2) is 11.8 Å². The Morgan fingerprint density at radius 2 is 1.05 bits per heavy atom. The van der Waals surface area contributed by atoms with Crippen LogP contribution in [0.4, 0.5) is 0 Å². The first-order chi connectivity index (χ1) is 9.04. The zero-order valence-electron chi connectivity index (χ0n) is 14.7. The second-order valence-electron chi connectivity index (χ2n) is 7.61. The van der Waals surface area contributed by atoms with Crippen LogP contribution in [-0.4, -0.2) is 45.0 Å². The third-order valence-corrected chi connectivity index (χ3v) is 18.5. The Balaban J connectivity index is 3.13. The van der Waals surface area contributed by atoms with Gasteiger partial charge in [-0.15, -0.1) is 0 Å². The van der Waals surface area contributed by atoms with E-state index in [0.717, 1.165) is 0 Å². The van der Waals surface area contributed by atoms with Crippen molar-refractivity contribution in [3.8, 4) is 0 Å². The minimum Gasteiger partial charge on any atom is -0.416 e. The van der Waals surface area contributed by atoms with Crippen LogP contribution in [0.5, 0.6) is 0 Å². The molecule has 1 fully saturated rings. The summed E-state index contributed by atoms with van der Waals surface area (Å²) in [5.74, 6) is 0. The molecule has 0 bridgehead atoms. The van der Waals surface area contributed by atoms with Gasteiger partial charge in [0.2, 0.25) is 0 Å². The van der Waals surface area contributed by atoms with E-state index in [-0.39, 0.29) is 0 Å². The molecule has 0 aromatic heterocycles. The van der Waals surface area contributed by atoms with Crippen LogP contribution < -0.4 is 0 Å². The molecule has 0 aromatic rings. The molecule has 0 radical (unpaired) electrons. The summed E-state index contributed by atoms with van der Waals surface area (Å²) in [5.41, 5.74) is 1.02. The molecular weight excluding hydrogens is 336 g/mol. The second-order valence-corrected chi connectivity index (χ2v) is 21.6. The van der Waals surface area contributed by atoms with Crippen LogP contribution in [0.3, 0.4) is 0 Å². The predicted octanol–water partition coefficient (Wildman–Crippen LogP) is 3.11. The maximum Gasteiger partial charge on any atom is 0.344 e. The van der Waals surface area contributed by atoms with E-state index in [1.807, 2.05) is 51.5 Å². The zero-order chi connectivity index (χ0) is 16.7. The van der Waals surface area contributed by atoms with E-state index in [1.165, 1.54) is 0 Å². The fourth-order valence-corrected chi connectivity index (χ4v) is 23.4. The average Bonchev–Trinajstić information content (AvgIpc) is 2.04. The lowest BCUT2D eigenvalue weighted by Gasteiger charge is -2.46. The highest BCUT2D eigenvalue weighted by atomic mass is 28.5. The maximum atomic E-state index is 9.92. The highest BCUT2D eigenvalue weighted by Gasteiger charge is 2.51. The Labute approximate surface area is 133 Å². The molecule has 0 atom stereocenters. The monoisotopic (exact) mass is 366 g/mol. The summed E-state index contributed by atoms with van der Waals surface area (Å²) in [7, 11) is -9.53. The van der Waals surface area contributed by atoms with E-state index in [2.05, 4.69) is 0 Å². The van der Waals surface area contributed by atoms with Crippen molar-refractivity contribution >= 4 is 34.2 Å². The van der Waals surface area contributed by atoms with Gasteiger partial charge >= 0.3 is 34.2 Å². The molecule has 0 spiro atoms. The average molecular weight is 367 g/mol. The maximum absolute atomic E-state index is 9.92. The van der Waals surface area contributed by atoms with E-state index < -0.39 is 39.8 Å². The van der Waals surface area contributed by atoms with Crippen LogP contribution in [0, 0.1) is 0 Å². The quantitative estimate of drug-likeness (QED) is 0.761. The van der Waals surface area contributed by atoms with Gasteiger partial charge in [-0.05, 0) is 65.4 Å². The molecule has 0 aromatic carbocycles. The van der Waals surface area contributed by atoms with Gasteiger partial charge in [0.15, 0.2) is 0 Å². The number of rotatable bonds is 2. The lowest BCUT2D eigenvalue weighted by atomic mass is 10.1. The molecule has 0 saturated carbocycles. The normalized spacial score (nSPS) is 28.1. The van der Waals surface area contributed by atoms with Gasteiger partial charge in [-0.1, -0.05) is 6.08 Å². The molecule has 1 aliphatic rings. The summed E-state index contributed by atoms with van der Waals surface area (Å²) >= 11 is 0. The van der Waals surface area contributed by atoms with Crippen molar-refractivity contribution < 1.29 is 21.6 Å². The number of hydrogen-bond donors (Lipinski definition) is 1. The molecule has 1 saturated heterocycles. The lowest BCUT2D eigenvalue weighted by Crippen LogP contribution is -2.64. The van der Waals surface area contributed by atoms with Gasteiger partial charge in [0.05, 0.1) is 5.60 Å². The summed E-state index contributed by atoms with van der Waals surface area (Å²) < 4.78 is 25.2. The summed E-state index contributed by atoms with van der Waals surface area (Å²) in [6, 6.07) is 0. The third-order valence-electron chi connectivity index (χ3n) is 2.67. The van der Waals surface area contributed by atoms with E-state index in [9.17, 15) is 5.11 Å². The van der Waals surface area contributed by atoms with Crippen molar-refractivity contribution in [3.05, 3.63) is 11.8 Å². The topological polar surface area (TPSA) is 57.2 Å². The van der Waals surface area contributed by atoms with Crippen LogP contribution in [0.1, 0.15) is 13.8 Å². The van der Waals surface area contributed by atoms with E-state index >= 15 is 0 Å². The standard InChI is InChI=1S/C12H30O5Si4/c1-12(2,13)10-11-21(9)16-19(5,6)14-18(3,4)15-20(7,8)17-21/h10-11,13H,1-9H3/b11-10+. The fraction of sp³-hybridized carbons (Fsp3) is 0.833. The first kappa shape index (κ1) is 19.5. The van der Waals surface area contributed by atoms with Crippen molar-refractivity contribution in [2.75, 3.05) is 0 Å². The molecule has 0 unspecified atom stereocenters. The summed E-state index contributed by atoms with van der Waals surface area (Å²) in [4.78, 5) is 0. The van der Waals surface area contributed by atoms with E-state index in [0.29, 0.717) is 0 Å². The van der Waals surface area contributed by atoms with Crippen molar-refractivity contribution in [3.63, 3.8) is 0 Å². The largest absolute Gasteiger partial charge is 0.416 e. The van der Waals surface area contributed by atoms with Crippen molar-refractivity contribution in [1.82, 2.24) is 0 Å². The van der Waals surface area contributed by atoms with E-state index in [4.69, 9.17) is 16.5 Å². The Kier molecular flexibility index (Phi) is 5.37. The fourth-order valence-electron chi connectivity index (χ4n) is 2.67. The van der Waals surface area contributed by atoms with Gasteiger partial charge < -0.3 is 21.6 Å². The summed E-state index contributed by atoms with van der Waals surface area (Å²) in [5, 5.41) is 9.92. The van der Waals surface area contributed by atoms with Crippen LogP contribution >= 0.6 is 0 Å². The Morgan fingerprint density at radius 3 is 1.38 bits per heavy atom.